The lowest BCUT2D eigenvalue weighted by atomic mass is 10.2. The van der Waals surface area contributed by atoms with Crippen LogP contribution in [0.15, 0.2) is 47.5 Å². The largest absolute Gasteiger partial charge is 0.471 e. The number of aromatic nitrogens is 1. The number of primary sulfonamides is 1. The molecule has 3 N–H and O–H groups in total. The Kier molecular flexibility index (Phi) is 4.98. The summed E-state index contributed by atoms with van der Waals surface area (Å²) in [5.41, 5.74) is 0.710. The fourth-order valence-electron chi connectivity index (χ4n) is 2.35. The number of hydrogen-bond donors (Lipinski definition) is 2. The van der Waals surface area contributed by atoms with E-state index in [9.17, 15) is 13.2 Å². The van der Waals surface area contributed by atoms with Gasteiger partial charge in [-0.2, -0.15) is 0 Å². The number of anilines is 1. The molecule has 0 bridgehead atoms. The fraction of sp³-hybridized carbons (Fsp3) is 0.250. The number of benzene rings is 1. The van der Waals surface area contributed by atoms with Crippen LogP contribution in [0.2, 0.25) is 0 Å². The van der Waals surface area contributed by atoms with Crippen molar-refractivity contribution in [3.63, 3.8) is 0 Å². The van der Waals surface area contributed by atoms with Crippen molar-refractivity contribution < 1.29 is 22.7 Å². The molecule has 0 aliphatic carbocycles. The number of hydrogen-bond acceptors (Lipinski definition) is 6. The SMILES string of the molecule is NS(=O)(=O)c1ccc(NC(=O)c2cccnc2OC2CCOC2)cc1. The first-order valence-corrected chi connectivity index (χ1v) is 9.12. The monoisotopic (exact) mass is 363 g/mol. The molecule has 9 heteroatoms. The van der Waals surface area contributed by atoms with Crippen LogP contribution in [0.5, 0.6) is 5.88 Å². The maximum Gasteiger partial charge on any atom is 0.261 e. The van der Waals surface area contributed by atoms with Crippen LogP contribution in [-0.2, 0) is 14.8 Å². The molecule has 3 rings (SSSR count). The number of pyridine rings is 1. The Hall–Kier alpha value is -2.49. The summed E-state index contributed by atoms with van der Waals surface area (Å²) in [7, 11) is -3.77. The minimum atomic E-state index is -3.77. The van der Waals surface area contributed by atoms with Crippen molar-refractivity contribution in [3.8, 4) is 5.88 Å². The molecule has 25 heavy (non-hydrogen) atoms. The first kappa shape index (κ1) is 17.3. The second-order valence-corrected chi connectivity index (χ2v) is 7.04. The van der Waals surface area contributed by atoms with Gasteiger partial charge in [0.25, 0.3) is 5.91 Å². The number of nitrogens with two attached hydrogens (primary N) is 1. The van der Waals surface area contributed by atoms with E-state index in [1.165, 1.54) is 24.3 Å². The van der Waals surface area contributed by atoms with Crippen LogP contribution < -0.4 is 15.2 Å². The van der Waals surface area contributed by atoms with Gasteiger partial charge in [-0.15, -0.1) is 0 Å². The first-order valence-electron chi connectivity index (χ1n) is 7.57. The molecule has 0 saturated carbocycles. The molecule has 0 spiro atoms. The molecule has 8 nitrogen and oxygen atoms in total. The minimum Gasteiger partial charge on any atom is -0.471 e. The molecule has 1 amide bonds. The molecule has 1 fully saturated rings. The van der Waals surface area contributed by atoms with Crippen molar-refractivity contribution in [2.24, 2.45) is 5.14 Å². The number of sulfonamides is 1. The molecular weight excluding hydrogens is 346 g/mol. The molecule has 1 aliphatic heterocycles. The van der Waals surface area contributed by atoms with Crippen LogP contribution in [0.4, 0.5) is 5.69 Å². The topological polar surface area (TPSA) is 121 Å². The zero-order chi connectivity index (χ0) is 17.9. The van der Waals surface area contributed by atoms with E-state index in [0.29, 0.717) is 18.9 Å². The number of carbonyl (C=O) groups excluding carboxylic acids is 1. The normalized spacial score (nSPS) is 17.2. The Bertz CT molecular complexity index is 862. The zero-order valence-electron chi connectivity index (χ0n) is 13.2. The van der Waals surface area contributed by atoms with E-state index < -0.39 is 15.9 Å². The van der Waals surface area contributed by atoms with E-state index in [4.69, 9.17) is 14.6 Å². The maximum atomic E-state index is 12.5. The Labute approximate surface area is 145 Å². The van der Waals surface area contributed by atoms with Crippen LogP contribution in [-0.4, -0.2) is 38.6 Å². The highest BCUT2D eigenvalue weighted by Gasteiger charge is 2.21. The summed E-state index contributed by atoms with van der Waals surface area (Å²) in [5, 5.41) is 7.72. The van der Waals surface area contributed by atoms with Crippen molar-refractivity contribution in [2.75, 3.05) is 18.5 Å². The molecule has 0 radical (unpaired) electrons. The van der Waals surface area contributed by atoms with E-state index in [0.717, 1.165) is 6.42 Å². The second kappa shape index (κ2) is 7.18. The van der Waals surface area contributed by atoms with Gasteiger partial charge >= 0.3 is 0 Å². The van der Waals surface area contributed by atoms with Gasteiger partial charge in [-0.1, -0.05) is 0 Å². The number of amides is 1. The van der Waals surface area contributed by atoms with E-state index in [1.54, 1.807) is 18.3 Å². The van der Waals surface area contributed by atoms with E-state index in [2.05, 4.69) is 10.3 Å². The van der Waals surface area contributed by atoms with Crippen LogP contribution in [0.3, 0.4) is 0 Å². The first-order chi connectivity index (χ1) is 11.9. The van der Waals surface area contributed by atoms with Crippen LogP contribution >= 0.6 is 0 Å². The molecule has 1 aromatic heterocycles. The quantitative estimate of drug-likeness (QED) is 0.822. The van der Waals surface area contributed by atoms with Gasteiger partial charge in [0.15, 0.2) is 0 Å². The number of ether oxygens (including phenoxy) is 2. The average Bonchev–Trinajstić information content (AvgIpc) is 3.08. The highest BCUT2D eigenvalue weighted by atomic mass is 32.2. The summed E-state index contributed by atoms with van der Waals surface area (Å²) >= 11 is 0. The van der Waals surface area contributed by atoms with Gasteiger partial charge in [-0.3, -0.25) is 4.79 Å². The summed E-state index contributed by atoms with van der Waals surface area (Å²) < 4.78 is 33.5. The lowest BCUT2D eigenvalue weighted by Crippen LogP contribution is -2.20. The molecule has 1 aromatic carbocycles. The predicted molar refractivity (Wildman–Crippen MR) is 89.9 cm³/mol. The van der Waals surface area contributed by atoms with Crippen molar-refractivity contribution in [3.05, 3.63) is 48.2 Å². The third-order valence-corrected chi connectivity index (χ3v) is 4.55. The Morgan fingerprint density at radius 3 is 2.68 bits per heavy atom. The molecule has 1 atom stereocenters. The lowest BCUT2D eigenvalue weighted by Gasteiger charge is -2.14. The Balaban J connectivity index is 1.75. The summed E-state index contributed by atoms with van der Waals surface area (Å²) in [6, 6.07) is 8.80. The third-order valence-electron chi connectivity index (χ3n) is 3.62. The smallest absolute Gasteiger partial charge is 0.261 e. The van der Waals surface area contributed by atoms with Crippen molar-refractivity contribution in [2.45, 2.75) is 17.4 Å². The molecule has 1 unspecified atom stereocenters. The summed E-state index contributed by atoms with van der Waals surface area (Å²) in [6.07, 6.45) is 2.16. The summed E-state index contributed by atoms with van der Waals surface area (Å²) in [5.74, 6) is -0.179. The fourth-order valence-corrected chi connectivity index (χ4v) is 2.86. The zero-order valence-corrected chi connectivity index (χ0v) is 14.0. The van der Waals surface area contributed by atoms with Gasteiger partial charge < -0.3 is 14.8 Å². The van der Waals surface area contributed by atoms with Gasteiger partial charge in [0.05, 0.1) is 18.1 Å². The average molecular weight is 363 g/mol. The molecule has 132 valence electrons. The molecule has 2 aromatic rings. The molecule has 1 saturated heterocycles. The van der Waals surface area contributed by atoms with E-state index in [1.807, 2.05) is 0 Å². The van der Waals surface area contributed by atoms with Crippen LogP contribution in [0.25, 0.3) is 0 Å². The van der Waals surface area contributed by atoms with Gasteiger partial charge in [0.1, 0.15) is 11.7 Å². The predicted octanol–water partition coefficient (Wildman–Crippen LogP) is 1.15. The van der Waals surface area contributed by atoms with E-state index in [-0.39, 0.29) is 22.4 Å². The van der Waals surface area contributed by atoms with Gasteiger partial charge in [0.2, 0.25) is 15.9 Å². The number of carbonyl (C=O) groups is 1. The number of rotatable bonds is 5. The van der Waals surface area contributed by atoms with Crippen molar-refractivity contribution in [1.82, 2.24) is 4.98 Å². The Morgan fingerprint density at radius 1 is 1.28 bits per heavy atom. The van der Waals surface area contributed by atoms with Crippen molar-refractivity contribution >= 4 is 21.6 Å². The Morgan fingerprint density at radius 2 is 2.04 bits per heavy atom. The number of nitrogens with zero attached hydrogens (tertiary/aromatic N) is 1. The minimum absolute atomic E-state index is 0.0304. The van der Waals surface area contributed by atoms with E-state index >= 15 is 0 Å². The molecule has 1 aliphatic rings. The second-order valence-electron chi connectivity index (χ2n) is 5.48. The third kappa shape index (κ3) is 4.32. The number of nitrogens with one attached hydrogen (secondary N) is 1. The standard InChI is InChI=1S/C16H17N3O5S/c17-25(21,22)13-5-3-11(4-6-13)19-15(20)14-2-1-8-18-16(14)24-12-7-9-23-10-12/h1-6,8,12H,7,9-10H2,(H,19,20)(H2,17,21,22). The van der Waals surface area contributed by atoms with Crippen molar-refractivity contribution in [1.29, 1.82) is 0 Å². The highest BCUT2D eigenvalue weighted by molar-refractivity contribution is 7.89. The molecule has 2 heterocycles. The van der Waals surface area contributed by atoms with Crippen LogP contribution in [0.1, 0.15) is 16.8 Å². The summed E-state index contributed by atoms with van der Waals surface area (Å²) in [6.45, 7) is 1.09. The summed E-state index contributed by atoms with van der Waals surface area (Å²) in [4.78, 5) is 16.6. The highest BCUT2D eigenvalue weighted by Crippen LogP contribution is 2.21. The molecular formula is C16H17N3O5S. The maximum absolute atomic E-state index is 12.5. The van der Waals surface area contributed by atoms with Crippen LogP contribution in [0, 0.1) is 0 Å². The lowest BCUT2D eigenvalue weighted by molar-refractivity contribution is 0.101. The van der Waals surface area contributed by atoms with Gasteiger partial charge in [-0.25, -0.2) is 18.5 Å². The van der Waals surface area contributed by atoms with Gasteiger partial charge in [0, 0.05) is 18.3 Å². The van der Waals surface area contributed by atoms with Gasteiger partial charge in [-0.05, 0) is 36.4 Å².